The lowest BCUT2D eigenvalue weighted by Gasteiger charge is -2.20. The summed E-state index contributed by atoms with van der Waals surface area (Å²) in [4.78, 5) is 12.8. The molecule has 0 aliphatic rings. The van der Waals surface area contributed by atoms with Gasteiger partial charge in [0, 0.05) is 0 Å². The number of nitrogens with one attached hydrogen (secondary N) is 1. The third-order valence-electron chi connectivity index (χ3n) is 4.51. The van der Waals surface area contributed by atoms with Crippen molar-refractivity contribution >= 4 is 17.7 Å². The zero-order chi connectivity index (χ0) is 20.1. The van der Waals surface area contributed by atoms with Gasteiger partial charge in [0.05, 0.1) is 23.1 Å². The summed E-state index contributed by atoms with van der Waals surface area (Å²) < 4.78 is 6.70. The van der Waals surface area contributed by atoms with Crippen molar-refractivity contribution in [1.82, 2.24) is 20.2 Å². The maximum absolute atomic E-state index is 12.8. The van der Waals surface area contributed by atoms with Gasteiger partial charge in [-0.1, -0.05) is 55.4 Å². The van der Waals surface area contributed by atoms with Crippen LogP contribution in [0.1, 0.15) is 44.1 Å². The third-order valence-corrected chi connectivity index (χ3v) is 5.57. The molecule has 0 bridgehead atoms. The SMILES string of the molecule is CCCC(NC(=O)C(C)Sc1nnc(-c2ccoc2C)n1N)c1ccccc1. The molecule has 3 rings (SSSR count). The molecule has 0 aliphatic heterocycles. The van der Waals surface area contributed by atoms with Crippen molar-refractivity contribution in [2.75, 3.05) is 5.84 Å². The Bertz CT molecular complexity index is 922. The molecule has 2 heterocycles. The lowest BCUT2D eigenvalue weighted by molar-refractivity contribution is -0.121. The van der Waals surface area contributed by atoms with Gasteiger partial charge in [-0.05, 0) is 31.9 Å². The summed E-state index contributed by atoms with van der Waals surface area (Å²) >= 11 is 1.28. The van der Waals surface area contributed by atoms with E-state index in [1.807, 2.05) is 44.2 Å². The number of nitrogens with zero attached hydrogens (tertiary/aromatic N) is 3. The van der Waals surface area contributed by atoms with Gasteiger partial charge in [0.1, 0.15) is 5.76 Å². The van der Waals surface area contributed by atoms with E-state index >= 15 is 0 Å². The van der Waals surface area contributed by atoms with Crippen LogP contribution in [0.25, 0.3) is 11.4 Å². The Hall–Kier alpha value is -2.74. The minimum atomic E-state index is -0.368. The lowest BCUT2D eigenvalue weighted by Crippen LogP contribution is -2.34. The summed E-state index contributed by atoms with van der Waals surface area (Å²) in [5.41, 5.74) is 1.89. The van der Waals surface area contributed by atoms with Gasteiger partial charge < -0.3 is 15.6 Å². The van der Waals surface area contributed by atoms with Gasteiger partial charge in [0.25, 0.3) is 0 Å². The summed E-state index contributed by atoms with van der Waals surface area (Å²) in [6.45, 7) is 5.78. The molecule has 0 saturated carbocycles. The fraction of sp³-hybridized carbons (Fsp3) is 0.350. The molecule has 28 heavy (non-hydrogen) atoms. The van der Waals surface area contributed by atoms with Gasteiger partial charge in [0.2, 0.25) is 11.1 Å². The molecule has 2 aromatic heterocycles. The third kappa shape index (κ3) is 4.39. The number of hydrogen-bond acceptors (Lipinski definition) is 6. The topological polar surface area (TPSA) is 99.0 Å². The number of furan rings is 1. The number of thioether (sulfide) groups is 1. The van der Waals surface area contributed by atoms with Crippen molar-refractivity contribution in [2.24, 2.45) is 0 Å². The number of aromatic nitrogens is 3. The highest BCUT2D eigenvalue weighted by Gasteiger charge is 2.23. The number of nitrogens with two attached hydrogens (primary N) is 1. The summed E-state index contributed by atoms with van der Waals surface area (Å²) in [5, 5.41) is 11.5. The van der Waals surface area contributed by atoms with Crippen LogP contribution in [0.15, 0.2) is 52.2 Å². The standard InChI is InChI=1S/C20H25N5O2S/c1-4-8-17(15-9-6-5-7-10-15)22-19(26)14(3)28-20-24-23-18(25(20)21)16-11-12-27-13(16)2/h5-7,9-12,14,17H,4,8,21H2,1-3H3,(H,22,26). The fourth-order valence-electron chi connectivity index (χ4n) is 2.95. The van der Waals surface area contributed by atoms with E-state index in [2.05, 4.69) is 22.4 Å². The molecule has 1 aromatic carbocycles. The van der Waals surface area contributed by atoms with Crippen LogP contribution >= 0.6 is 11.8 Å². The average molecular weight is 400 g/mol. The highest BCUT2D eigenvalue weighted by atomic mass is 32.2. The van der Waals surface area contributed by atoms with Crippen LogP contribution in [-0.4, -0.2) is 26.0 Å². The zero-order valence-corrected chi connectivity index (χ0v) is 17.1. The fourth-order valence-corrected chi connectivity index (χ4v) is 3.73. The normalized spacial score (nSPS) is 13.2. The van der Waals surface area contributed by atoms with E-state index in [0.717, 1.165) is 24.0 Å². The quantitative estimate of drug-likeness (QED) is 0.443. The van der Waals surface area contributed by atoms with Gasteiger partial charge in [-0.2, -0.15) is 0 Å². The van der Waals surface area contributed by atoms with Gasteiger partial charge in [-0.25, -0.2) is 4.68 Å². The molecule has 0 radical (unpaired) electrons. The molecule has 3 aromatic rings. The van der Waals surface area contributed by atoms with Crippen LogP contribution in [0.2, 0.25) is 0 Å². The smallest absolute Gasteiger partial charge is 0.233 e. The van der Waals surface area contributed by atoms with Gasteiger partial charge in [0.15, 0.2) is 5.82 Å². The second kappa shape index (κ2) is 8.97. The first-order valence-corrected chi connectivity index (χ1v) is 10.2. The Morgan fingerprint density at radius 1 is 1.29 bits per heavy atom. The number of amides is 1. The average Bonchev–Trinajstić information content (AvgIpc) is 3.27. The van der Waals surface area contributed by atoms with Crippen LogP contribution in [0, 0.1) is 6.92 Å². The van der Waals surface area contributed by atoms with E-state index in [1.54, 1.807) is 12.3 Å². The van der Waals surface area contributed by atoms with Crippen molar-refractivity contribution in [1.29, 1.82) is 0 Å². The molecule has 0 fully saturated rings. The van der Waals surface area contributed by atoms with Crippen molar-refractivity contribution in [2.45, 2.75) is 50.1 Å². The van der Waals surface area contributed by atoms with Crippen LogP contribution in [0.5, 0.6) is 0 Å². The maximum Gasteiger partial charge on any atom is 0.233 e. The van der Waals surface area contributed by atoms with E-state index in [-0.39, 0.29) is 17.2 Å². The molecule has 0 aliphatic carbocycles. The number of carbonyl (C=O) groups excluding carboxylic acids is 1. The highest BCUT2D eigenvalue weighted by Crippen LogP contribution is 2.27. The zero-order valence-electron chi connectivity index (χ0n) is 16.3. The number of nitrogen functional groups attached to an aromatic ring is 1. The lowest BCUT2D eigenvalue weighted by atomic mass is 10.0. The molecule has 2 unspecified atom stereocenters. The predicted molar refractivity (Wildman–Crippen MR) is 110 cm³/mol. The molecular formula is C20H25N5O2S. The van der Waals surface area contributed by atoms with Gasteiger partial charge in [-0.3, -0.25) is 4.79 Å². The second-order valence-electron chi connectivity index (χ2n) is 6.59. The minimum absolute atomic E-state index is 0.0124. The van der Waals surface area contributed by atoms with E-state index in [4.69, 9.17) is 10.3 Å². The molecular weight excluding hydrogens is 374 g/mol. The number of rotatable bonds is 8. The van der Waals surface area contributed by atoms with Crippen molar-refractivity contribution in [3.63, 3.8) is 0 Å². The van der Waals surface area contributed by atoms with Crippen LogP contribution < -0.4 is 11.2 Å². The molecule has 148 valence electrons. The Morgan fingerprint density at radius 2 is 2.04 bits per heavy atom. The summed E-state index contributed by atoms with van der Waals surface area (Å²) in [7, 11) is 0. The predicted octanol–water partition coefficient (Wildman–Crippen LogP) is 3.70. The first-order chi connectivity index (χ1) is 13.5. The molecule has 1 amide bonds. The molecule has 3 N–H and O–H groups in total. The first kappa shape index (κ1) is 20.0. The minimum Gasteiger partial charge on any atom is -0.469 e. The van der Waals surface area contributed by atoms with Gasteiger partial charge in [-0.15, -0.1) is 10.2 Å². The summed E-state index contributed by atoms with van der Waals surface area (Å²) in [6, 6.07) is 11.8. The molecule has 8 heteroatoms. The number of benzene rings is 1. The van der Waals surface area contributed by atoms with Crippen LogP contribution in [0.3, 0.4) is 0 Å². The molecule has 0 saturated heterocycles. The molecule has 2 atom stereocenters. The van der Waals surface area contributed by atoms with Crippen molar-refractivity contribution in [3.8, 4) is 11.4 Å². The van der Waals surface area contributed by atoms with E-state index in [1.165, 1.54) is 16.4 Å². The largest absolute Gasteiger partial charge is 0.469 e. The molecule has 0 spiro atoms. The summed E-state index contributed by atoms with van der Waals surface area (Å²) in [6.07, 6.45) is 3.44. The van der Waals surface area contributed by atoms with Gasteiger partial charge >= 0.3 is 0 Å². The number of hydrogen-bond donors (Lipinski definition) is 2. The first-order valence-electron chi connectivity index (χ1n) is 9.28. The molecule has 7 nitrogen and oxygen atoms in total. The Labute approximate surface area is 168 Å². The second-order valence-corrected chi connectivity index (χ2v) is 7.90. The van der Waals surface area contributed by atoms with Crippen molar-refractivity contribution in [3.05, 3.63) is 54.0 Å². The number of aryl methyl sites for hydroxylation is 1. The monoisotopic (exact) mass is 399 g/mol. The van der Waals surface area contributed by atoms with Crippen LogP contribution in [-0.2, 0) is 4.79 Å². The van der Waals surface area contributed by atoms with E-state index in [0.29, 0.717) is 16.7 Å². The Balaban J connectivity index is 1.69. The Morgan fingerprint density at radius 3 is 2.68 bits per heavy atom. The Kier molecular flexibility index (Phi) is 6.41. The van der Waals surface area contributed by atoms with Crippen molar-refractivity contribution < 1.29 is 9.21 Å². The van der Waals surface area contributed by atoms with E-state index in [9.17, 15) is 4.79 Å². The maximum atomic E-state index is 12.8. The van der Waals surface area contributed by atoms with Crippen LogP contribution in [0.4, 0.5) is 0 Å². The number of carbonyl (C=O) groups is 1. The van der Waals surface area contributed by atoms with E-state index < -0.39 is 0 Å². The highest BCUT2D eigenvalue weighted by molar-refractivity contribution is 8.00. The summed E-state index contributed by atoms with van der Waals surface area (Å²) in [5.74, 6) is 7.31.